The molecule has 0 aliphatic rings. The molecule has 0 aliphatic carbocycles. The van der Waals surface area contributed by atoms with Crippen molar-refractivity contribution in [2.75, 3.05) is 6.61 Å². The van der Waals surface area contributed by atoms with Gasteiger partial charge in [-0.15, -0.1) is 5.92 Å². The number of ether oxygens (including phenoxy) is 1. The summed E-state index contributed by atoms with van der Waals surface area (Å²) < 4.78 is 5.38. The zero-order valence-corrected chi connectivity index (χ0v) is 9.93. The molecular formula is C13H20O2. The van der Waals surface area contributed by atoms with Gasteiger partial charge in [-0.05, 0) is 13.3 Å². The summed E-state index contributed by atoms with van der Waals surface area (Å²) in [6, 6.07) is 0. The maximum Gasteiger partial charge on any atom is 0.161 e. The van der Waals surface area contributed by atoms with Crippen molar-refractivity contribution in [3.63, 3.8) is 0 Å². The molecule has 0 aromatic rings. The van der Waals surface area contributed by atoms with E-state index in [1.54, 1.807) is 0 Å². The highest BCUT2D eigenvalue weighted by Crippen LogP contribution is 2.07. The van der Waals surface area contributed by atoms with Crippen LogP contribution in [0.1, 0.15) is 40.0 Å². The van der Waals surface area contributed by atoms with E-state index in [0.29, 0.717) is 18.6 Å². The van der Waals surface area contributed by atoms with Crippen LogP contribution in [0.15, 0.2) is 12.2 Å². The van der Waals surface area contributed by atoms with Gasteiger partial charge in [0.05, 0.1) is 0 Å². The number of ketones is 1. The lowest BCUT2D eigenvalue weighted by Crippen LogP contribution is -2.19. The van der Waals surface area contributed by atoms with E-state index in [-0.39, 0.29) is 5.78 Å². The van der Waals surface area contributed by atoms with Crippen LogP contribution >= 0.6 is 0 Å². The molecule has 0 aromatic carbocycles. The Morgan fingerprint density at radius 3 is 2.53 bits per heavy atom. The molecule has 1 atom stereocenters. The summed E-state index contributed by atoms with van der Waals surface area (Å²) >= 11 is 0. The van der Waals surface area contributed by atoms with Crippen molar-refractivity contribution in [1.29, 1.82) is 0 Å². The first kappa shape index (κ1) is 13.9. The first-order chi connectivity index (χ1) is 7.17. The Balaban J connectivity index is 4.46. The van der Waals surface area contributed by atoms with Gasteiger partial charge in [0.1, 0.15) is 6.10 Å². The van der Waals surface area contributed by atoms with Crippen molar-refractivity contribution in [2.45, 2.75) is 46.1 Å². The van der Waals surface area contributed by atoms with E-state index in [1.165, 1.54) is 0 Å². The molecule has 0 aromatic heterocycles. The SMILES string of the molecule is C=C(C(=O)CC)C(C#CCCC)OCC. The molecule has 0 spiro atoms. The number of unbranched alkanes of at least 4 members (excludes halogenated alkanes) is 1. The largest absolute Gasteiger partial charge is 0.361 e. The fraction of sp³-hybridized carbons (Fsp3) is 0.615. The van der Waals surface area contributed by atoms with Crippen LogP contribution in [0.4, 0.5) is 0 Å². The zero-order valence-electron chi connectivity index (χ0n) is 9.93. The number of carbonyl (C=O) groups is 1. The molecule has 0 radical (unpaired) electrons. The van der Waals surface area contributed by atoms with Gasteiger partial charge in [-0.25, -0.2) is 0 Å². The molecule has 0 saturated carbocycles. The number of hydrogen-bond acceptors (Lipinski definition) is 2. The molecule has 0 saturated heterocycles. The van der Waals surface area contributed by atoms with E-state index < -0.39 is 6.10 Å². The van der Waals surface area contributed by atoms with Crippen LogP contribution in [0.25, 0.3) is 0 Å². The third-order valence-electron chi connectivity index (χ3n) is 1.94. The van der Waals surface area contributed by atoms with Crippen molar-refractivity contribution < 1.29 is 9.53 Å². The lowest BCUT2D eigenvalue weighted by Gasteiger charge is -2.12. The first-order valence-electron chi connectivity index (χ1n) is 5.49. The number of carbonyl (C=O) groups excluding carboxylic acids is 1. The van der Waals surface area contributed by atoms with Gasteiger partial charge in [0, 0.05) is 25.0 Å². The normalized spacial score (nSPS) is 11.4. The Morgan fingerprint density at radius 1 is 1.40 bits per heavy atom. The zero-order chi connectivity index (χ0) is 11.7. The second kappa shape index (κ2) is 8.26. The summed E-state index contributed by atoms with van der Waals surface area (Å²) in [5, 5.41) is 0. The summed E-state index contributed by atoms with van der Waals surface area (Å²) in [6.07, 6.45) is 1.88. The average molecular weight is 208 g/mol. The third-order valence-corrected chi connectivity index (χ3v) is 1.94. The summed E-state index contributed by atoms with van der Waals surface area (Å²) in [5.41, 5.74) is 0.475. The Hall–Kier alpha value is -1.07. The standard InChI is InChI=1S/C13H20O2/c1-5-8-9-10-13(15-7-3)11(4)12(14)6-2/h13H,4-8H2,1-3H3. The van der Waals surface area contributed by atoms with Gasteiger partial charge in [0.2, 0.25) is 0 Å². The molecule has 0 amide bonds. The third kappa shape index (κ3) is 5.39. The smallest absolute Gasteiger partial charge is 0.161 e. The molecule has 2 heteroatoms. The molecule has 0 heterocycles. The van der Waals surface area contributed by atoms with Crippen molar-refractivity contribution in [3.8, 4) is 11.8 Å². The lowest BCUT2D eigenvalue weighted by atomic mass is 10.1. The van der Waals surface area contributed by atoms with Crippen LogP contribution in [0.5, 0.6) is 0 Å². The molecule has 84 valence electrons. The second-order valence-electron chi connectivity index (χ2n) is 3.21. The van der Waals surface area contributed by atoms with Crippen molar-refractivity contribution in [1.82, 2.24) is 0 Å². The summed E-state index contributed by atoms with van der Waals surface area (Å²) in [6.45, 7) is 10.1. The van der Waals surface area contributed by atoms with Crippen LogP contribution in [0, 0.1) is 11.8 Å². The highest BCUT2D eigenvalue weighted by molar-refractivity contribution is 5.96. The van der Waals surface area contributed by atoms with Gasteiger partial charge in [-0.3, -0.25) is 4.79 Å². The molecule has 0 bridgehead atoms. The Bertz CT molecular complexity index is 268. The lowest BCUT2D eigenvalue weighted by molar-refractivity contribution is -0.116. The maximum atomic E-state index is 11.4. The minimum atomic E-state index is -0.422. The van der Waals surface area contributed by atoms with Gasteiger partial charge in [-0.2, -0.15) is 0 Å². The van der Waals surface area contributed by atoms with E-state index in [0.717, 1.165) is 12.8 Å². The van der Waals surface area contributed by atoms with Crippen LogP contribution in [0.2, 0.25) is 0 Å². The molecule has 0 fully saturated rings. The highest BCUT2D eigenvalue weighted by atomic mass is 16.5. The van der Waals surface area contributed by atoms with Crippen molar-refractivity contribution in [3.05, 3.63) is 12.2 Å². The number of hydrogen-bond donors (Lipinski definition) is 0. The molecule has 0 N–H and O–H groups in total. The molecule has 2 nitrogen and oxygen atoms in total. The molecular weight excluding hydrogens is 188 g/mol. The van der Waals surface area contributed by atoms with Crippen molar-refractivity contribution in [2.24, 2.45) is 0 Å². The van der Waals surface area contributed by atoms with E-state index in [2.05, 4.69) is 25.3 Å². The fourth-order valence-electron chi connectivity index (χ4n) is 1.06. The van der Waals surface area contributed by atoms with Gasteiger partial charge >= 0.3 is 0 Å². The van der Waals surface area contributed by atoms with Gasteiger partial charge in [0.15, 0.2) is 5.78 Å². The summed E-state index contributed by atoms with van der Waals surface area (Å²) in [7, 11) is 0. The molecule has 15 heavy (non-hydrogen) atoms. The Labute approximate surface area is 92.7 Å². The minimum Gasteiger partial charge on any atom is -0.361 e. The molecule has 0 rings (SSSR count). The second-order valence-corrected chi connectivity index (χ2v) is 3.21. The van der Waals surface area contributed by atoms with E-state index in [9.17, 15) is 4.79 Å². The number of rotatable bonds is 6. The predicted octanol–water partition coefficient (Wildman–Crippen LogP) is 2.73. The summed E-state index contributed by atoms with van der Waals surface area (Å²) in [5.74, 6) is 5.96. The van der Waals surface area contributed by atoms with Crippen LogP contribution in [-0.2, 0) is 9.53 Å². The van der Waals surface area contributed by atoms with E-state index >= 15 is 0 Å². The average Bonchev–Trinajstić information content (AvgIpc) is 2.26. The van der Waals surface area contributed by atoms with Gasteiger partial charge < -0.3 is 4.74 Å². The fourth-order valence-corrected chi connectivity index (χ4v) is 1.06. The maximum absolute atomic E-state index is 11.4. The molecule has 1 unspecified atom stereocenters. The minimum absolute atomic E-state index is 0.0271. The van der Waals surface area contributed by atoms with Gasteiger partial charge in [0.25, 0.3) is 0 Å². The quantitative estimate of drug-likeness (QED) is 0.495. The monoisotopic (exact) mass is 208 g/mol. The highest BCUT2D eigenvalue weighted by Gasteiger charge is 2.15. The van der Waals surface area contributed by atoms with Crippen LogP contribution in [0.3, 0.4) is 0 Å². The van der Waals surface area contributed by atoms with Crippen molar-refractivity contribution >= 4 is 5.78 Å². The number of Topliss-reactive ketones (excluding diaryl/α,β-unsaturated/α-hetero) is 1. The molecule has 0 aliphatic heterocycles. The summed E-state index contributed by atoms with van der Waals surface area (Å²) in [4.78, 5) is 11.4. The first-order valence-corrected chi connectivity index (χ1v) is 5.49. The predicted molar refractivity (Wildman–Crippen MR) is 62.5 cm³/mol. The Morgan fingerprint density at radius 2 is 2.07 bits per heavy atom. The van der Waals surface area contributed by atoms with Crippen LogP contribution in [-0.4, -0.2) is 18.5 Å². The Kier molecular flexibility index (Phi) is 7.67. The van der Waals surface area contributed by atoms with E-state index in [4.69, 9.17) is 4.74 Å². The van der Waals surface area contributed by atoms with Gasteiger partial charge in [-0.1, -0.05) is 26.3 Å². The van der Waals surface area contributed by atoms with E-state index in [1.807, 2.05) is 13.8 Å². The topological polar surface area (TPSA) is 26.3 Å². The van der Waals surface area contributed by atoms with Crippen LogP contribution < -0.4 is 0 Å².